The van der Waals surface area contributed by atoms with Crippen LogP contribution in [0.25, 0.3) is 0 Å². The summed E-state index contributed by atoms with van der Waals surface area (Å²) < 4.78 is 5.90. The number of nitrogens with two attached hydrogens (primary N) is 1. The summed E-state index contributed by atoms with van der Waals surface area (Å²) in [5, 5.41) is 0. The zero-order chi connectivity index (χ0) is 13.8. The van der Waals surface area contributed by atoms with E-state index in [1.807, 2.05) is 25.1 Å². The molecule has 2 aromatic rings. The third-order valence-electron chi connectivity index (χ3n) is 3.07. The molecule has 3 nitrogen and oxygen atoms in total. The van der Waals surface area contributed by atoms with Crippen LogP contribution in [0.1, 0.15) is 36.6 Å². The van der Waals surface area contributed by atoms with E-state index < -0.39 is 0 Å². The van der Waals surface area contributed by atoms with Crippen LogP contribution in [0.2, 0.25) is 0 Å². The van der Waals surface area contributed by atoms with Gasteiger partial charge in [-0.3, -0.25) is 4.98 Å². The highest BCUT2D eigenvalue weighted by Crippen LogP contribution is 2.26. The normalized spacial score (nSPS) is 10.8. The van der Waals surface area contributed by atoms with Crippen LogP contribution in [-0.4, -0.2) is 4.98 Å². The summed E-state index contributed by atoms with van der Waals surface area (Å²) in [5.41, 5.74) is 8.84. The standard InChI is InChI=1S/C16H20N2O/c1-11(2)13-4-6-15(7-5-13)19-16-8-12(3)18-10-14(16)9-17/h4-8,10-11H,9,17H2,1-3H3. The number of ether oxygens (including phenoxy) is 1. The zero-order valence-corrected chi connectivity index (χ0v) is 11.7. The average Bonchev–Trinajstić information content (AvgIpc) is 2.39. The van der Waals surface area contributed by atoms with E-state index in [9.17, 15) is 0 Å². The number of aryl methyl sites for hydroxylation is 1. The lowest BCUT2D eigenvalue weighted by Crippen LogP contribution is -2.01. The first-order chi connectivity index (χ1) is 9.10. The average molecular weight is 256 g/mol. The molecule has 0 aliphatic rings. The molecule has 2 N–H and O–H groups in total. The molecule has 0 unspecified atom stereocenters. The molecular weight excluding hydrogens is 236 g/mol. The van der Waals surface area contributed by atoms with E-state index in [0.29, 0.717) is 12.5 Å². The van der Waals surface area contributed by atoms with Crippen LogP contribution in [0.15, 0.2) is 36.5 Å². The molecule has 2 rings (SSSR count). The monoisotopic (exact) mass is 256 g/mol. The predicted molar refractivity (Wildman–Crippen MR) is 77.5 cm³/mol. The maximum atomic E-state index is 5.90. The highest BCUT2D eigenvalue weighted by atomic mass is 16.5. The number of benzene rings is 1. The van der Waals surface area contributed by atoms with Gasteiger partial charge in [0, 0.05) is 30.1 Å². The molecule has 1 aromatic heterocycles. The van der Waals surface area contributed by atoms with Crippen molar-refractivity contribution in [2.45, 2.75) is 33.2 Å². The summed E-state index contributed by atoms with van der Waals surface area (Å²) in [6.07, 6.45) is 1.77. The van der Waals surface area contributed by atoms with Gasteiger partial charge in [-0.05, 0) is 30.5 Å². The fourth-order valence-corrected chi connectivity index (χ4v) is 1.86. The van der Waals surface area contributed by atoms with Crippen LogP contribution < -0.4 is 10.5 Å². The van der Waals surface area contributed by atoms with Gasteiger partial charge in [0.25, 0.3) is 0 Å². The Bertz CT molecular complexity index is 547. The molecule has 0 saturated heterocycles. The van der Waals surface area contributed by atoms with Crippen molar-refractivity contribution in [3.05, 3.63) is 53.3 Å². The van der Waals surface area contributed by atoms with Crippen molar-refractivity contribution in [1.29, 1.82) is 0 Å². The first-order valence-corrected chi connectivity index (χ1v) is 6.53. The Hall–Kier alpha value is -1.87. The largest absolute Gasteiger partial charge is 0.457 e. The SMILES string of the molecule is Cc1cc(Oc2ccc(C(C)C)cc2)c(CN)cn1. The minimum absolute atomic E-state index is 0.423. The molecular formula is C16H20N2O. The van der Waals surface area contributed by atoms with Crippen molar-refractivity contribution in [2.24, 2.45) is 5.73 Å². The van der Waals surface area contributed by atoms with Gasteiger partial charge in [0.15, 0.2) is 0 Å². The van der Waals surface area contributed by atoms with E-state index in [0.717, 1.165) is 22.8 Å². The van der Waals surface area contributed by atoms with Crippen molar-refractivity contribution in [3.8, 4) is 11.5 Å². The molecule has 0 bridgehead atoms. The van der Waals surface area contributed by atoms with Crippen molar-refractivity contribution in [2.75, 3.05) is 0 Å². The minimum atomic E-state index is 0.423. The summed E-state index contributed by atoms with van der Waals surface area (Å²) in [6.45, 7) is 6.71. The number of rotatable bonds is 4. The molecule has 0 aliphatic carbocycles. The van der Waals surface area contributed by atoms with Crippen LogP contribution in [-0.2, 0) is 6.54 Å². The molecule has 0 saturated carbocycles. The van der Waals surface area contributed by atoms with Gasteiger partial charge in [-0.25, -0.2) is 0 Å². The van der Waals surface area contributed by atoms with E-state index in [1.54, 1.807) is 6.20 Å². The van der Waals surface area contributed by atoms with Gasteiger partial charge in [-0.15, -0.1) is 0 Å². The molecule has 0 atom stereocenters. The number of hydrogen-bond acceptors (Lipinski definition) is 3. The molecule has 1 aromatic carbocycles. The third kappa shape index (κ3) is 3.32. The number of hydrogen-bond donors (Lipinski definition) is 1. The van der Waals surface area contributed by atoms with Crippen molar-refractivity contribution < 1.29 is 4.74 Å². The Morgan fingerprint density at radius 1 is 1.21 bits per heavy atom. The maximum Gasteiger partial charge on any atom is 0.135 e. The quantitative estimate of drug-likeness (QED) is 0.906. The van der Waals surface area contributed by atoms with Gasteiger partial charge in [-0.1, -0.05) is 26.0 Å². The maximum absolute atomic E-state index is 5.90. The molecule has 0 radical (unpaired) electrons. The topological polar surface area (TPSA) is 48.1 Å². The van der Waals surface area contributed by atoms with Crippen LogP contribution >= 0.6 is 0 Å². The van der Waals surface area contributed by atoms with Crippen LogP contribution in [0.5, 0.6) is 11.5 Å². The second-order valence-corrected chi connectivity index (χ2v) is 4.96. The zero-order valence-electron chi connectivity index (χ0n) is 11.7. The second kappa shape index (κ2) is 5.85. The Morgan fingerprint density at radius 3 is 2.47 bits per heavy atom. The number of pyridine rings is 1. The summed E-state index contributed by atoms with van der Waals surface area (Å²) >= 11 is 0. The molecule has 19 heavy (non-hydrogen) atoms. The molecule has 3 heteroatoms. The van der Waals surface area contributed by atoms with Crippen LogP contribution in [0.4, 0.5) is 0 Å². The summed E-state index contributed by atoms with van der Waals surface area (Å²) in [4.78, 5) is 4.23. The lowest BCUT2D eigenvalue weighted by atomic mass is 10.0. The Kier molecular flexibility index (Phi) is 4.17. The van der Waals surface area contributed by atoms with Crippen molar-refractivity contribution >= 4 is 0 Å². The van der Waals surface area contributed by atoms with E-state index in [-0.39, 0.29) is 0 Å². The molecule has 100 valence electrons. The van der Waals surface area contributed by atoms with Gasteiger partial charge in [0.2, 0.25) is 0 Å². The summed E-state index contributed by atoms with van der Waals surface area (Å²) in [7, 11) is 0. The summed E-state index contributed by atoms with van der Waals surface area (Å²) in [5.74, 6) is 2.13. The molecule has 0 spiro atoms. The molecule has 0 amide bonds. The first kappa shape index (κ1) is 13.6. The minimum Gasteiger partial charge on any atom is -0.457 e. The van der Waals surface area contributed by atoms with E-state index in [4.69, 9.17) is 10.5 Å². The Labute approximate surface area is 114 Å². The molecule has 1 heterocycles. The lowest BCUT2D eigenvalue weighted by Gasteiger charge is -2.11. The summed E-state index contributed by atoms with van der Waals surface area (Å²) in [6, 6.07) is 10.1. The lowest BCUT2D eigenvalue weighted by molar-refractivity contribution is 0.474. The van der Waals surface area contributed by atoms with E-state index in [1.165, 1.54) is 5.56 Å². The predicted octanol–water partition coefficient (Wildman–Crippen LogP) is 3.76. The van der Waals surface area contributed by atoms with Gasteiger partial charge in [0.05, 0.1) is 0 Å². The van der Waals surface area contributed by atoms with Crippen molar-refractivity contribution in [1.82, 2.24) is 4.98 Å². The molecule has 0 aliphatic heterocycles. The van der Waals surface area contributed by atoms with Gasteiger partial charge in [0.1, 0.15) is 11.5 Å². The van der Waals surface area contributed by atoms with Gasteiger partial charge >= 0.3 is 0 Å². The van der Waals surface area contributed by atoms with E-state index >= 15 is 0 Å². The highest BCUT2D eigenvalue weighted by molar-refractivity contribution is 5.38. The molecule has 0 fully saturated rings. The first-order valence-electron chi connectivity index (χ1n) is 6.53. The van der Waals surface area contributed by atoms with E-state index in [2.05, 4.69) is 31.0 Å². The third-order valence-corrected chi connectivity index (χ3v) is 3.07. The second-order valence-electron chi connectivity index (χ2n) is 4.96. The van der Waals surface area contributed by atoms with Crippen LogP contribution in [0, 0.1) is 6.92 Å². The van der Waals surface area contributed by atoms with Gasteiger partial charge < -0.3 is 10.5 Å². The Balaban J connectivity index is 2.23. The Morgan fingerprint density at radius 2 is 1.89 bits per heavy atom. The smallest absolute Gasteiger partial charge is 0.135 e. The van der Waals surface area contributed by atoms with Gasteiger partial charge in [-0.2, -0.15) is 0 Å². The van der Waals surface area contributed by atoms with Crippen molar-refractivity contribution in [3.63, 3.8) is 0 Å². The highest BCUT2D eigenvalue weighted by Gasteiger charge is 2.06. The van der Waals surface area contributed by atoms with Crippen LogP contribution in [0.3, 0.4) is 0 Å². The fourth-order valence-electron chi connectivity index (χ4n) is 1.86. The fraction of sp³-hybridized carbons (Fsp3) is 0.312. The number of nitrogens with zero attached hydrogens (tertiary/aromatic N) is 1. The number of aromatic nitrogens is 1.